The molecule has 4 heterocycles. The Morgan fingerprint density at radius 3 is 2.12 bits per heavy atom. The summed E-state index contributed by atoms with van der Waals surface area (Å²) in [6.45, 7) is 19.2. The lowest BCUT2D eigenvalue weighted by molar-refractivity contribution is 0.616. The molecule has 0 unspecified atom stereocenters. The molecule has 1 saturated heterocycles. The summed E-state index contributed by atoms with van der Waals surface area (Å²) >= 11 is 0. The number of hydrogen-bond donors (Lipinski definition) is 1. The number of hydrogen-bond acceptors (Lipinski definition) is 4. The fraction of sp³-hybridized carbons (Fsp3) is 0.429. The molecule has 0 spiro atoms. The molecule has 0 radical (unpaired) electrons. The molecule has 4 rings (SSSR count). The lowest BCUT2D eigenvalue weighted by Gasteiger charge is -2.33. The number of allylic oxidation sites excluding steroid dienone is 3. The Balaban J connectivity index is 0.000000174. The highest BCUT2D eigenvalue weighted by Crippen LogP contribution is 2.23. The van der Waals surface area contributed by atoms with Gasteiger partial charge in [-0.3, -0.25) is 9.97 Å². The monoisotopic (exact) mass is 432 g/mol. The molecule has 2 aromatic rings. The van der Waals surface area contributed by atoms with E-state index in [0.717, 1.165) is 11.4 Å². The largest absolute Gasteiger partial charge is 0.370 e. The molecule has 4 heteroatoms. The van der Waals surface area contributed by atoms with Crippen molar-refractivity contribution in [3.8, 4) is 0 Å². The number of nitrogens with one attached hydrogen (secondary N) is 1. The van der Waals surface area contributed by atoms with Crippen LogP contribution >= 0.6 is 0 Å². The van der Waals surface area contributed by atoms with Gasteiger partial charge in [-0.05, 0) is 59.6 Å². The van der Waals surface area contributed by atoms with Gasteiger partial charge in [-0.1, -0.05) is 60.3 Å². The molecule has 2 aliphatic rings. The average Bonchev–Trinajstić information content (AvgIpc) is 2.74. The van der Waals surface area contributed by atoms with Crippen molar-refractivity contribution in [3.05, 3.63) is 90.3 Å². The van der Waals surface area contributed by atoms with Crippen LogP contribution in [0.1, 0.15) is 71.1 Å². The fourth-order valence-corrected chi connectivity index (χ4v) is 3.05. The van der Waals surface area contributed by atoms with E-state index in [4.69, 9.17) is 0 Å². The number of dihydropyridines is 1. The number of pyridine rings is 2. The highest BCUT2D eigenvalue weighted by Gasteiger charge is 2.15. The quantitative estimate of drug-likeness (QED) is 0.575. The SMILES string of the molecule is C=C1C=CC(C(C)C)=CN1.CC(C)c1ccccn1.CC(C)c1cncc(N2CCC2)c1. The van der Waals surface area contributed by atoms with Crippen molar-refractivity contribution in [1.82, 2.24) is 15.3 Å². The molecular weight excluding hydrogens is 392 g/mol. The van der Waals surface area contributed by atoms with Crippen molar-refractivity contribution in [2.24, 2.45) is 5.92 Å². The van der Waals surface area contributed by atoms with Crippen LogP contribution in [0.3, 0.4) is 0 Å². The Kier molecular flexibility index (Phi) is 10.2. The lowest BCUT2D eigenvalue weighted by atomic mass is 10.0. The first-order valence-corrected chi connectivity index (χ1v) is 11.7. The van der Waals surface area contributed by atoms with Crippen LogP contribution in [0.4, 0.5) is 5.69 Å². The normalized spacial score (nSPS) is 14.7. The van der Waals surface area contributed by atoms with Crippen LogP contribution in [-0.4, -0.2) is 23.1 Å². The van der Waals surface area contributed by atoms with Crippen LogP contribution in [0.15, 0.2) is 79.1 Å². The van der Waals surface area contributed by atoms with Gasteiger partial charge in [0.25, 0.3) is 0 Å². The molecule has 2 aromatic heterocycles. The van der Waals surface area contributed by atoms with E-state index in [9.17, 15) is 0 Å². The average molecular weight is 433 g/mol. The van der Waals surface area contributed by atoms with Crippen molar-refractivity contribution in [1.29, 1.82) is 0 Å². The van der Waals surface area contributed by atoms with E-state index < -0.39 is 0 Å². The molecule has 4 nitrogen and oxygen atoms in total. The topological polar surface area (TPSA) is 41.1 Å². The zero-order chi connectivity index (χ0) is 23.5. The summed E-state index contributed by atoms with van der Waals surface area (Å²) in [5, 5.41) is 3.07. The lowest BCUT2D eigenvalue weighted by Crippen LogP contribution is -2.37. The summed E-state index contributed by atoms with van der Waals surface area (Å²) in [6, 6.07) is 8.26. The predicted molar refractivity (Wildman–Crippen MR) is 138 cm³/mol. The Morgan fingerprint density at radius 1 is 0.938 bits per heavy atom. The zero-order valence-electron chi connectivity index (χ0n) is 20.7. The molecule has 0 saturated carbocycles. The first kappa shape index (κ1) is 25.4. The summed E-state index contributed by atoms with van der Waals surface area (Å²) in [7, 11) is 0. The molecule has 1 fully saturated rings. The highest BCUT2D eigenvalue weighted by molar-refractivity contribution is 5.48. The molecule has 32 heavy (non-hydrogen) atoms. The van der Waals surface area contributed by atoms with E-state index in [1.165, 1.54) is 36.3 Å². The Labute approximate surface area is 195 Å². The third-order valence-electron chi connectivity index (χ3n) is 5.48. The molecule has 2 aliphatic heterocycles. The second-order valence-corrected chi connectivity index (χ2v) is 9.18. The Morgan fingerprint density at radius 2 is 1.69 bits per heavy atom. The van der Waals surface area contributed by atoms with E-state index in [1.807, 2.05) is 49.1 Å². The molecule has 1 N–H and O–H groups in total. The van der Waals surface area contributed by atoms with Crippen LogP contribution < -0.4 is 10.2 Å². The van der Waals surface area contributed by atoms with Crippen LogP contribution in [0.5, 0.6) is 0 Å². The third kappa shape index (κ3) is 8.33. The van der Waals surface area contributed by atoms with Gasteiger partial charge in [0.15, 0.2) is 0 Å². The van der Waals surface area contributed by atoms with Gasteiger partial charge >= 0.3 is 0 Å². The van der Waals surface area contributed by atoms with E-state index in [1.54, 1.807) is 0 Å². The molecule has 0 bridgehead atoms. The van der Waals surface area contributed by atoms with Gasteiger partial charge < -0.3 is 10.2 Å². The second kappa shape index (κ2) is 12.8. The van der Waals surface area contributed by atoms with Crippen molar-refractivity contribution >= 4 is 5.69 Å². The minimum absolute atomic E-state index is 0.547. The van der Waals surface area contributed by atoms with Gasteiger partial charge in [0.2, 0.25) is 0 Å². The second-order valence-electron chi connectivity index (χ2n) is 9.18. The van der Waals surface area contributed by atoms with Gasteiger partial charge in [-0.15, -0.1) is 0 Å². The van der Waals surface area contributed by atoms with E-state index in [2.05, 4.69) is 80.4 Å². The number of rotatable bonds is 4. The van der Waals surface area contributed by atoms with Crippen LogP contribution in [0, 0.1) is 5.92 Å². The van der Waals surface area contributed by atoms with Gasteiger partial charge in [0.05, 0.1) is 11.9 Å². The molecule has 0 aliphatic carbocycles. The van der Waals surface area contributed by atoms with Crippen LogP contribution in [-0.2, 0) is 0 Å². The minimum Gasteiger partial charge on any atom is -0.370 e. The molecule has 0 amide bonds. The molecular formula is C28H40N4. The van der Waals surface area contributed by atoms with E-state index in [0.29, 0.717) is 17.8 Å². The fourth-order valence-electron chi connectivity index (χ4n) is 3.05. The summed E-state index contributed by atoms with van der Waals surface area (Å²) in [5.74, 6) is 1.72. The first-order valence-electron chi connectivity index (χ1n) is 11.7. The Bertz CT molecular complexity index is 891. The van der Waals surface area contributed by atoms with Crippen molar-refractivity contribution < 1.29 is 0 Å². The smallest absolute Gasteiger partial charge is 0.0555 e. The van der Waals surface area contributed by atoms with E-state index in [-0.39, 0.29) is 0 Å². The third-order valence-corrected chi connectivity index (χ3v) is 5.48. The predicted octanol–water partition coefficient (Wildman–Crippen LogP) is 6.82. The van der Waals surface area contributed by atoms with Gasteiger partial charge in [-0.25, -0.2) is 0 Å². The number of anilines is 1. The maximum absolute atomic E-state index is 4.27. The zero-order valence-corrected chi connectivity index (χ0v) is 20.7. The summed E-state index contributed by atoms with van der Waals surface area (Å²) in [6.07, 6.45) is 13.2. The molecule has 0 atom stereocenters. The number of nitrogens with zero attached hydrogens (tertiary/aromatic N) is 3. The van der Waals surface area contributed by atoms with E-state index >= 15 is 0 Å². The van der Waals surface area contributed by atoms with Crippen LogP contribution in [0.2, 0.25) is 0 Å². The minimum atomic E-state index is 0.547. The van der Waals surface area contributed by atoms with Crippen molar-refractivity contribution in [2.45, 2.75) is 59.8 Å². The van der Waals surface area contributed by atoms with Crippen LogP contribution in [0.25, 0.3) is 0 Å². The molecule has 172 valence electrons. The highest BCUT2D eigenvalue weighted by atomic mass is 15.2. The standard InChI is InChI=1S/C11H16N2.C9H13N.C8H11N/c1-9(2)10-6-11(8-12-7-10)13-4-3-5-13;1-7(2)9-5-4-8(3)10-6-9;1-7(2)8-5-3-4-6-9-8/h6-9H,3-5H2,1-2H3;4-7,10H,3H2,1-2H3;3-7H,1-2H3. The van der Waals surface area contributed by atoms with Crippen molar-refractivity contribution in [2.75, 3.05) is 18.0 Å². The molecule has 0 aromatic carbocycles. The van der Waals surface area contributed by atoms with Gasteiger partial charge in [0, 0.05) is 43.1 Å². The Hall–Kier alpha value is -2.88. The number of aromatic nitrogens is 2. The maximum Gasteiger partial charge on any atom is 0.0555 e. The first-order chi connectivity index (χ1) is 15.3. The van der Waals surface area contributed by atoms with Gasteiger partial charge in [0.1, 0.15) is 0 Å². The summed E-state index contributed by atoms with van der Waals surface area (Å²) < 4.78 is 0. The van der Waals surface area contributed by atoms with Gasteiger partial charge in [-0.2, -0.15) is 0 Å². The maximum atomic E-state index is 4.27. The summed E-state index contributed by atoms with van der Waals surface area (Å²) in [5.41, 5.74) is 6.08. The van der Waals surface area contributed by atoms with Crippen molar-refractivity contribution in [3.63, 3.8) is 0 Å². The summed E-state index contributed by atoms with van der Waals surface area (Å²) in [4.78, 5) is 10.8.